The van der Waals surface area contributed by atoms with E-state index in [0.29, 0.717) is 6.04 Å². The second kappa shape index (κ2) is 7.92. The van der Waals surface area contributed by atoms with Gasteiger partial charge in [-0.25, -0.2) is 0 Å². The highest BCUT2D eigenvalue weighted by Crippen LogP contribution is 2.28. The van der Waals surface area contributed by atoms with E-state index in [0.717, 1.165) is 12.3 Å². The second-order valence-corrected chi connectivity index (χ2v) is 4.93. The van der Waals surface area contributed by atoms with Gasteiger partial charge >= 0.3 is 0 Å². The predicted molar refractivity (Wildman–Crippen MR) is 68.1 cm³/mol. The zero-order valence-electron chi connectivity index (χ0n) is 10.3. The highest BCUT2D eigenvalue weighted by Gasteiger charge is 2.15. The zero-order valence-corrected chi connectivity index (χ0v) is 10.3. The van der Waals surface area contributed by atoms with Crippen LogP contribution in [0.25, 0.3) is 0 Å². The topological polar surface area (TPSA) is 12.0 Å². The minimum atomic E-state index is 0.713. The van der Waals surface area contributed by atoms with Crippen LogP contribution in [0.2, 0.25) is 0 Å². The van der Waals surface area contributed by atoms with Crippen molar-refractivity contribution in [2.45, 2.75) is 63.8 Å². The van der Waals surface area contributed by atoms with Crippen molar-refractivity contribution in [3.8, 4) is 0 Å². The number of rotatable bonds is 7. The summed E-state index contributed by atoms with van der Waals surface area (Å²) >= 11 is 0. The van der Waals surface area contributed by atoms with Crippen molar-refractivity contribution in [2.75, 3.05) is 7.05 Å². The van der Waals surface area contributed by atoms with Crippen molar-refractivity contribution in [3.63, 3.8) is 0 Å². The number of hydrogen-bond donors (Lipinski definition) is 1. The van der Waals surface area contributed by atoms with Crippen LogP contribution >= 0.6 is 0 Å². The first-order valence-corrected chi connectivity index (χ1v) is 6.65. The molecule has 1 aliphatic carbocycles. The minimum Gasteiger partial charge on any atom is -0.317 e. The Kier molecular flexibility index (Phi) is 6.74. The van der Waals surface area contributed by atoms with Crippen molar-refractivity contribution in [2.24, 2.45) is 5.92 Å². The first-order chi connectivity index (χ1) is 7.36. The van der Waals surface area contributed by atoms with E-state index >= 15 is 0 Å². The van der Waals surface area contributed by atoms with Gasteiger partial charge in [0.25, 0.3) is 0 Å². The van der Waals surface area contributed by atoms with Crippen molar-refractivity contribution >= 4 is 0 Å². The summed E-state index contributed by atoms with van der Waals surface area (Å²) in [7, 11) is 2.09. The van der Waals surface area contributed by atoms with Gasteiger partial charge in [-0.1, -0.05) is 38.2 Å². The fraction of sp³-hybridized carbons (Fsp3) is 0.857. The van der Waals surface area contributed by atoms with Gasteiger partial charge in [0.2, 0.25) is 0 Å². The van der Waals surface area contributed by atoms with Gasteiger partial charge in [0.05, 0.1) is 0 Å². The van der Waals surface area contributed by atoms with Gasteiger partial charge in [-0.15, -0.1) is 6.58 Å². The normalized spacial score (nSPS) is 20.1. The largest absolute Gasteiger partial charge is 0.317 e. The highest BCUT2D eigenvalue weighted by atomic mass is 14.9. The van der Waals surface area contributed by atoms with Crippen LogP contribution in [0.1, 0.15) is 57.8 Å². The lowest BCUT2D eigenvalue weighted by atomic mass is 9.85. The molecule has 1 rings (SSSR count). The SMILES string of the molecule is C=CCCC(CCC1CCCCC1)NC. The van der Waals surface area contributed by atoms with Gasteiger partial charge in [0.1, 0.15) is 0 Å². The van der Waals surface area contributed by atoms with Crippen molar-refractivity contribution < 1.29 is 0 Å². The van der Waals surface area contributed by atoms with Crippen molar-refractivity contribution in [3.05, 3.63) is 12.7 Å². The molecular formula is C14H27N. The Hall–Kier alpha value is -0.300. The highest BCUT2D eigenvalue weighted by molar-refractivity contribution is 4.75. The lowest BCUT2D eigenvalue weighted by Gasteiger charge is -2.24. The average molecular weight is 209 g/mol. The standard InChI is InChI=1S/C14H27N/c1-3-4-10-14(15-2)12-11-13-8-6-5-7-9-13/h3,13-15H,1,4-12H2,2H3. The second-order valence-electron chi connectivity index (χ2n) is 4.93. The molecule has 0 amide bonds. The van der Waals surface area contributed by atoms with Gasteiger partial charge in [0, 0.05) is 6.04 Å². The van der Waals surface area contributed by atoms with Crippen LogP contribution in [-0.2, 0) is 0 Å². The lowest BCUT2D eigenvalue weighted by Crippen LogP contribution is -2.25. The van der Waals surface area contributed by atoms with E-state index in [1.54, 1.807) is 0 Å². The van der Waals surface area contributed by atoms with Crippen LogP contribution in [0, 0.1) is 5.92 Å². The third kappa shape index (κ3) is 5.36. The smallest absolute Gasteiger partial charge is 0.00671 e. The molecular weight excluding hydrogens is 182 g/mol. The van der Waals surface area contributed by atoms with Crippen molar-refractivity contribution in [1.29, 1.82) is 0 Å². The van der Waals surface area contributed by atoms with E-state index in [1.165, 1.54) is 51.4 Å². The van der Waals surface area contributed by atoms with Crippen LogP contribution in [-0.4, -0.2) is 13.1 Å². The van der Waals surface area contributed by atoms with E-state index in [9.17, 15) is 0 Å². The molecule has 0 saturated heterocycles. The predicted octanol–water partition coefficient (Wildman–Crippen LogP) is 3.90. The molecule has 0 radical (unpaired) electrons. The van der Waals surface area contributed by atoms with Crippen LogP contribution in [0.3, 0.4) is 0 Å². The molecule has 1 fully saturated rings. The Morgan fingerprint density at radius 1 is 1.27 bits per heavy atom. The molecule has 1 heteroatoms. The maximum absolute atomic E-state index is 3.79. The Balaban J connectivity index is 2.11. The first kappa shape index (κ1) is 12.8. The number of allylic oxidation sites excluding steroid dienone is 1. The van der Waals surface area contributed by atoms with Gasteiger partial charge in [-0.3, -0.25) is 0 Å². The summed E-state index contributed by atoms with van der Waals surface area (Å²) in [5.74, 6) is 1.03. The van der Waals surface area contributed by atoms with Crippen LogP contribution in [0.15, 0.2) is 12.7 Å². The van der Waals surface area contributed by atoms with Gasteiger partial charge in [0.15, 0.2) is 0 Å². The van der Waals surface area contributed by atoms with E-state index in [-0.39, 0.29) is 0 Å². The Morgan fingerprint density at radius 2 is 2.00 bits per heavy atom. The molecule has 0 bridgehead atoms. The Morgan fingerprint density at radius 3 is 2.60 bits per heavy atom. The molecule has 0 aliphatic heterocycles. The molecule has 0 spiro atoms. The van der Waals surface area contributed by atoms with Crippen LogP contribution in [0.4, 0.5) is 0 Å². The number of hydrogen-bond acceptors (Lipinski definition) is 1. The van der Waals surface area contributed by atoms with E-state index in [2.05, 4.69) is 18.9 Å². The third-order valence-corrected chi connectivity index (χ3v) is 3.78. The van der Waals surface area contributed by atoms with Crippen LogP contribution < -0.4 is 5.32 Å². The first-order valence-electron chi connectivity index (χ1n) is 6.65. The summed E-state index contributed by atoms with van der Waals surface area (Å²) < 4.78 is 0. The molecule has 1 N–H and O–H groups in total. The Labute approximate surface area is 95.3 Å². The molecule has 15 heavy (non-hydrogen) atoms. The van der Waals surface area contributed by atoms with E-state index < -0.39 is 0 Å². The monoisotopic (exact) mass is 209 g/mol. The summed E-state index contributed by atoms with van der Waals surface area (Å²) in [6, 6.07) is 0.713. The zero-order chi connectivity index (χ0) is 10.9. The molecule has 0 aromatic heterocycles. The quantitative estimate of drug-likeness (QED) is 0.627. The summed E-state index contributed by atoms with van der Waals surface area (Å²) in [6.45, 7) is 3.79. The molecule has 1 unspecified atom stereocenters. The average Bonchev–Trinajstić information content (AvgIpc) is 2.31. The minimum absolute atomic E-state index is 0.713. The Bertz CT molecular complexity index is 159. The molecule has 1 saturated carbocycles. The van der Waals surface area contributed by atoms with Gasteiger partial charge < -0.3 is 5.32 Å². The maximum Gasteiger partial charge on any atom is 0.00671 e. The fourth-order valence-electron chi connectivity index (χ4n) is 2.66. The summed E-state index contributed by atoms with van der Waals surface area (Å²) in [5, 5.41) is 3.43. The summed E-state index contributed by atoms with van der Waals surface area (Å²) in [4.78, 5) is 0. The molecule has 88 valence electrons. The number of nitrogens with one attached hydrogen (secondary N) is 1. The molecule has 0 aromatic rings. The van der Waals surface area contributed by atoms with Crippen molar-refractivity contribution in [1.82, 2.24) is 5.32 Å². The maximum atomic E-state index is 3.79. The summed E-state index contributed by atoms with van der Waals surface area (Å²) in [5.41, 5.74) is 0. The fourth-order valence-corrected chi connectivity index (χ4v) is 2.66. The molecule has 0 aromatic carbocycles. The van der Waals surface area contributed by atoms with Crippen LogP contribution in [0.5, 0.6) is 0 Å². The third-order valence-electron chi connectivity index (χ3n) is 3.78. The van der Waals surface area contributed by atoms with E-state index in [1.807, 2.05) is 6.08 Å². The summed E-state index contributed by atoms with van der Waals surface area (Å²) in [6.07, 6.45) is 14.6. The molecule has 1 aliphatic rings. The van der Waals surface area contributed by atoms with E-state index in [4.69, 9.17) is 0 Å². The van der Waals surface area contributed by atoms with Gasteiger partial charge in [-0.05, 0) is 38.6 Å². The molecule has 1 atom stereocenters. The molecule has 0 heterocycles. The molecule has 1 nitrogen and oxygen atoms in total. The lowest BCUT2D eigenvalue weighted by molar-refractivity contribution is 0.313. The van der Waals surface area contributed by atoms with Gasteiger partial charge in [-0.2, -0.15) is 0 Å².